The van der Waals surface area contributed by atoms with Gasteiger partial charge in [-0.3, -0.25) is 0 Å². The van der Waals surface area contributed by atoms with Crippen LogP contribution in [0.3, 0.4) is 0 Å². The number of hydrogen-bond donors (Lipinski definition) is 1. The highest BCUT2D eigenvalue weighted by Gasteiger charge is 2.29. The minimum atomic E-state index is 0.247. The Bertz CT molecular complexity index is 190. The van der Waals surface area contributed by atoms with Gasteiger partial charge in [0.25, 0.3) is 0 Å². The van der Waals surface area contributed by atoms with Crippen LogP contribution in [0.5, 0.6) is 0 Å². The molecule has 2 unspecified atom stereocenters. The Kier molecular flexibility index (Phi) is 3.54. The maximum absolute atomic E-state index is 10.7. The standard InChI is InChI=1S/C11H19NO2/c13-8-9-5-11(7-12-6-9)10-1-3-14-4-2-10/h8-12H,1-7H2. The lowest BCUT2D eigenvalue weighted by atomic mass is 9.78. The van der Waals surface area contributed by atoms with Gasteiger partial charge >= 0.3 is 0 Å². The minimum absolute atomic E-state index is 0.247. The summed E-state index contributed by atoms with van der Waals surface area (Å²) in [7, 11) is 0. The molecule has 0 aliphatic carbocycles. The summed E-state index contributed by atoms with van der Waals surface area (Å²) in [5.74, 6) is 1.72. The molecule has 0 aromatic heterocycles. The summed E-state index contributed by atoms with van der Waals surface area (Å²) in [6.07, 6.45) is 4.55. The van der Waals surface area contributed by atoms with Crippen LogP contribution in [0.4, 0.5) is 0 Å². The maximum atomic E-state index is 10.7. The maximum Gasteiger partial charge on any atom is 0.124 e. The van der Waals surface area contributed by atoms with E-state index in [1.54, 1.807) is 0 Å². The first-order chi connectivity index (χ1) is 6.90. The van der Waals surface area contributed by atoms with Gasteiger partial charge in [0.1, 0.15) is 6.29 Å². The third-order valence-corrected chi connectivity index (χ3v) is 3.54. The van der Waals surface area contributed by atoms with Crippen LogP contribution in [0.1, 0.15) is 19.3 Å². The summed E-state index contributed by atoms with van der Waals surface area (Å²) in [6, 6.07) is 0. The van der Waals surface area contributed by atoms with Gasteiger partial charge in [-0.1, -0.05) is 0 Å². The summed E-state index contributed by atoms with van der Waals surface area (Å²) in [5.41, 5.74) is 0. The lowest BCUT2D eigenvalue weighted by Crippen LogP contribution is -2.41. The number of rotatable bonds is 2. The molecule has 2 saturated heterocycles. The van der Waals surface area contributed by atoms with Crippen molar-refractivity contribution >= 4 is 6.29 Å². The Morgan fingerprint density at radius 1 is 1.14 bits per heavy atom. The van der Waals surface area contributed by atoms with E-state index >= 15 is 0 Å². The van der Waals surface area contributed by atoms with Crippen LogP contribution >= 0.6 is 0 Å². The lowest BCUT2D eigenvalue weighted by Gasteiger charge is -2.35. The molecule has 2 aliphatic rings. The fourth-order valence-electron chi connectivity index (χ4n) is 2.66. The topological polar surface area (TPSA) is 38.3 Å². The highest BCUT2D eigenvalue weighted by Crippen LogP contribution is 2.29. The largest absolute Gasteiger partial charge is 0.381 e. The summed E-state index contributed by atoms with van der Waals surface area (Å²) >= 11 is 0. The Hall–Kier alpha value is -0.410. The molecular weight excluding hydrogens is 178 g/mol. The molecule has 3 nitrogen and oxygen atoms in total. The van der Waals surface area contributed by atoms with E-state index in [2.05, 4.69) is 5.32 Å². The molecule has 0 bridgehead atoms. The van der Waals surface area contributed by atoms with E-state index in [0.29, 0.717) is 5.92 Å². The van der Waals surface area contributed by atoms with Gasteiger partial charge in [-0.2, -0.15) is 0 Å². The number of carbonyl (C=O) groups is 1. The van der Waals surface area contributed by atoms with Gasteiger partial charge in [-0.05, 0) is 37.6 Å². The molecular formula is C11H19NO2. The van der Waals surface area contributed by atoms with Gasteiger partial charge in [0.05, 0.1) is 0 Å². The van der Waals surface area contributed by atoms with Gasteiger partial charge in [0.15, 0.2) is 0 Å². The van der Waals surface area contributed by atoms with Crippen LogP contribution in [0.25, 0.3) is 0 Å². The zero-order chi connectivity index (χ0) is 9.80. The molecule has 80 valence electrons. The van der Waals surface area contributed by atoms with Crippen molar-refractivity contribution in [2.45, 2.75) is 19.3 Å². The van der Waals surface area contributed by atoms with E-state index in [0.717, 1.165) is 44.9 Å². The summed E-state index contributed by atoms with van der Waals surface area (Å²) in [4.78, 5) is 10.7. The number of ether oxygens (including phenoxy) is 1. The van der Waals surface area contributed by atoms with Crippen LogP contribution in [0.15, 0.2) is 0 Å². The SMILES string of the molecule is O=CC1CNCC(C2CCOCC2)C1. The normalized spacial score (nSPS) is 35.4. The summed E-state index contributed by atoms with van der Waals surface area (Å²) in [5, 5.41) is 3.36. The average molecular weight is 197 g/mol. The summed E-state index contributed by atoms with van der Waals surface area (Å²) in [6.45, 7) is 3.79. The molecule has 2 rings (SSSR count). The Morgan fingerprint density at radius 3 is 2.64 bits per heavy atom. The van der Waals surface area contributed by atoms with Gasteiger partial charge in [-0.15, -0.1) is 0 Å². The van der Waals surface area contributed by atoms with Crippen LogP contribution in [0.2, 0.25) is 0 Å². The van der Waals surface area contributed by atoms with Gasteiger partial charge in [-0.25, -0.2) is 0 Å². The molecule has 14 heavy (non-hydrogen) atoms. The first kappa shape index (κ1) is 10.1. The lowest BCUT2D eigenvalue weighted by molar-refractivity contribution is -0.112. The van der Waals surface area contributed by atoms with Crippen molar-refractivity contribution in [3.8, 4) is 0 Å². The second kappa shape index (κ2) is 4.89. The van der Waals surface area contributed by atoms with E-state index in [4.69, 9.17) is 4.74 Å². The zero-order valence-electron chi connectivity index (χ0n) is 8.58. The van der Waals surface area contributed by atoms with Crippen molar-refractivity contribution in [1.82, 2.24) is 5.32 Å². The molecule has 0 radical (unpaired) electrons. The highest BCUT2D eigenvalue weighted by molar-refractivity contribution is 5.54. The molecule has 0 spiro atoms. The monoisotopic (exact) mass is 197 g/mol. The fraction of sp³-hybridized carbons (Fsp3) is 0.909. The summed E-state index contributed by atoms with van der Waals surface area (Å²) < 4.78 is 5.35. The molecule has 3 heteroatoms. The molecule has 2 atom stereocenters. The number of aldehydes is 1. The Labute approximate surface area is 85.2 Å². The van der Waals surface area contributed by atoms with E-state index in [-0.39, 0.29) is 5.92 Å². The third-order valence-electron chi connectivity index (χ3n) is 3.54. The van der Waals surface area contributed by atoms with E-state index in [9.17, 15) is 4.79 Å². The molecule has 0 aromatic rings. The Morgan fingerprint density at radius 2 is 1.93 bits per heavy atom. The molecule has 0 amide bonds. The second-order valence-electron chi connectivity index (χ2n) is 4.50. The molecule has 0 saturated carbocycles. The third kappa shape index (κ3) is 2.34. The second-order valence-corrected chi connectivity index (χ2v) is 4.50. The number of piperidine rings is 1. The molecule has 2 heterocycles. The molecule has 0 aromatic carbocycles. The van der Waals surface area contributed by atoms with E-state index in [1.165, 1.54) is 12.8 Å². The minimum Gasteiger partial charge on any atom is -0.381 e. The zero-order valence-corrected chi connectivity index (χ0v) is 8.58. The van der Waals surface area contributed by atoms with Crippen molar-refractivity contribution < 1.29 is 9.53 Å². The van der Waals surface area contributed by atoms with E-state index < -0.39 is 0 Å². The Balaban J connectivity index is 1.86. The van der Waals surface area contributed by atoms with Gasteiger partial charge < -0.3 is 14.8 Å². The van der Waals surface area contributed by atoms with Crippen molar-refractivity contribution in [3.05, 3.63) is 0 Å². The predicted octanol–water partition coefficient (Wildman–Crippen LogP) is 0.838. The van der Waals surface area contributed by atoms with Crippen molar-refractivity contribution in [2.75, 3.05) is 26.3 Å². The van der Waals surface area contributed by atoms with Crippen molar-refractivity contribution in [2.24, 2.45) is 17.8 Å². The molecule has 2 aliphatic heterocycles. The highest BCUT2D eigenvalue weighted by atomic mass is 16.5. The molecule has 2 fully saturated rings. The molecule has 1 N–H and O–H groups in total. The first-order valence-corrected chi connectivity index (χ1v) is 5.64. The fourth-order valence-corrected chi connectivity index (χ4v) is 2.66. The number of carbonyl (C=O) groups excluding carboxylic acids is 1. The number of hydrogen-bond acceptors (Lipinski definition) is 3. The van der Waals surface area contributed by atoms with Crippen molar-refractivity contribution in [3.63, 3.8) is 0 Å². The van der Waals surface area contributed by atoms with Crippen molar-refractivity contribution in [1.29, 1.82) is 0 Å². The average Bonchev–Trinajstić information content (AvgIpc) is 2.30. The van der Waals surface area contributed by atoms with Crippen LogP contribution in [-0.4, -0.2) is 32.6 Å². The van der Waals surface area contributed by atoms with Crippen LogP contribution in [-0.2, 0) is 9.53 Å². The van der Waals surface area contributed by atoms with E-state index in [1.807, 2.05) is 0 Å². The predicted molar refractivity (Wildman–Crippen MR) is 54.1 cm³/mol. The van der Waals surface area contributed by atoms with Crippen LogP contribution < -0.4 is 5.32 Å². The first-order valence-electron chi connectivity index (χ1n) is 5.64. The van der Waals surface area contributed by atoms with Crippen LogP contribution in [0, 0.1) is 17.8 Å². The van der Waals surface area contributed by atoms with Gasteiger partial charge in [0.2, 0.25) is 0 Å². The smallest absolute Gasteiger partial charge is 0.124 e. The van der Waals surface area contributed by atoms with Gasteiger partial charge in [0, 0.05) is 25.7 Å². The number of nitrogens with one attached hydrogen (secondary N) is 1. The quantitative estimate of drug-likeness (QED) is 0.667.